The minimum absolute atomic E-state index is 0.788. The van der Waals surface area contributed by atoms with Gasteiger partial charge in [-0.3, -0.25) is 0 Å². The quantitative estimate of drug-likeness (QED) is 0.766. The molecule has 0 N–H and O–H groups in total. The van der Waals surface area contributed by atoms with E-state index in [1.807, 2.05) is 12.1 Å². The molecule has 0 heterocycles. The summed E-state index contributed by atoms with van der Waals surface area (Å²) in [6.07, 6.45) is 2.08. The Morgan fingerprint density at radius 2 is 2.27 bits per heavy atom. The zero-order valence-electron chi connectivity index (χ0n) is 6.10. The summed E-state index contributed by atoms with van der Waals surface area (Å²) in [4.78, 5) is 0. The van der Waals surface area contributed by atoms with Crippen molar-refractivity contribution < 1.29 is 0 Å². The van der Waals surface area contributed by atoms with Gasteiger partial charge in [0.1, 0.15) is 0 Å². The summed E-state index contributed by atoms with van der Waals surface area (Å²) < 4.78 is 0.962. The highest BCUT2D eigenvalue weighted by atomic mass is 79.9. The SMILES string of the molecule is CSCc1ccc(Br)c(Cl)c1. The molecule has 0 spiro atoms. The molecule has 0 aromatic heterocycles. The monoisotopic (exact) mass is 250 g/mol. The van der Waals surface area contributed by atoms with E-state index in [0.29, 0.717) is 0 Å². The lowest BCUT2D eigenvalue weighted by atomic mass is 10.2. The molecule has 1 aromatic carbocycles. The maximum atomic E-state index is 5.89. The predicted octanol–water partition coefficient (Wildman–Crippen LogP) is 3.97. The first kappa shape index (κ1) is 9.43. The summed E-state index contributed by atoms with van der Waals surface area (Å²) in [7, 11) is 0. The largest absolute Gasteiger partial charge is 0.161 e. The molecule has 0 bridgehead atoms. The number of hydrogen-bond acceptors (Lipinski definition) is 1. The fourth-order valence-electron chi connectivity index (χ4n) is 0.796. The van der Waals surface area contributed by atoms with Crippen molar-refractivity contribution in [3.8, 4) is 0 Å². The zero-order chi connectivity index (χ0) is 8.27. The lowest BCUT2D eigenvalue weighted by Gasteiger charge is -1.99. The van der Waals surface area contributed by atoms with Crippen LogP contribution in [0.25, 0.3) is 0 Å². The van der Waals surface area contributed by atoms with Gasteiger partial charge < -0.3 is 0 Å². The first-order valence-corrected chi connectivity index (χ1v) is 5.73. The van der Waals surface area contributed by atoms with E-state index < -0.39 is 0 Å². The van der Waals surface area contributed by atoms with E-state index in [-0.39, 0.29) is 0 Å². The molecule has 0 unspecified atom stereocenters. The van der Waals surface area contributed by atoms with E-state index in [1.54, 1.807) is 11.8 Å². The molecule has 0 aliphatic rings. The average molecular weight is 252 g/mol. The van der Waals surface area contributed by atoms with E-state index in [2.05, 4.69) is 28.3 Å². The van der Waals surface area contributed by atoms with Gasteiger partial charge in [-0.25, -0.2) is 0 Å². The van der Waals surface area contributed by atoms with Crippen LogP contribution >= 0.6 is 39.3 Å². The van der Waals surface area contributed by atoms with Crippen molar-refractivity contribution in [2.75, 3.05) is 6.26 Å². The molecule has 0 aliphatic heterocycles. The first-order valence-electron chi connectivity index (χ1n) is 3.17. The van der Waals surface area contributed by atoms with Gasteiger partial charge in [0.2, 0.25) is 0 Å². The van der Waals surface area contributed by atoms with Gasteiger partial charge in [-0.2, -0.15) is 11.8 Å². The van der Waals surface area contributed by atoms with Crippen molar-refractivity contribution in [1.29, 1.82) is 0 Å². The highest BCUT2D eigenvalue weighted by Crippen LogP contribution is 2.24. The molecule has 0 amide bonds. The molecule has 0 radical (unpaired) electrons. The van der Waals surface area contributed by atoms with Crippen molar-refractivity contribution in [2.45, 2.75) is 5.75 Å². The Morgan fingerprint density at radius 1 is 1.55 bits per heavy atom. The Morgan fingerprint density at radius 3 is 2.82 bits per heavy atom. The third-order valence-corrected chi connectivity index (χ3v) is 3.15. The van der Waals surface area contributed by atoms with Crippen molar-refractivity contribution in [2.24, 2.45) is 0 Å². The summed E-state index contributed by atoms with van der Waals surface area (Å²) in [5.74, 6) is 1.02. The number of rotatable bonds is 2. The molecule has 0 fully saturated rings. The molecule has 60 valence electrons. The lowest BCUT2D eigenvalue weighted by Crippen LogP contribution is -1.79. The van der Waals surface area contributed by atoms with Crippen LogP contribution in [0.4, 0.5) is 0 Å². The summed E-state index contributed by atoms with van der Waals surface area (Å²) in [6, 6.07) is 6.04. The summed E-state index contributed by atoms with van der Waals surface area (Å²) >= 11 is 11.0. The third-order valence-electron chi connectivity index (χ3n) is 1.30. The summed E-state index contributed by atoms with van der Waals surface area (Å²) in [6.45, 7) is 0. The normalized spacial score (nSPS) is 10.1. The maximum absolute atomic E-state index is 5.89. The summed E-state index contributed by atoms with van der Waals surface area (Å²) in [5, 5.41) is 0.788. The Balaban J connectivity index is 2.86. The lowest BCUT2D eigenvalue weighted by molar-refractivity contribution is 1.41. The zero-order valence-corrected chi connectivity index (χ0v) is 9.26. The molecular formula is C8H8BrClS. The van der Waals surface area contributed by atoms with Gasteiger partial charge in [-0.1, -0.05) is 17.7 Å². The smallest absolute Gasteiger partial charge is 0.0551 e. The molecule has 0 saturated carbocycles. The Hall–Kier alpha value is 0.340. The second-order valence-corrected chi connectivity index (χ2v) is 4.31. The van der Waals surface area contributed by atoms with Crippen LogP contribution < -0.4 is 0 Å². The van der Waals surface area contributed by atoms with Gasteiger partial charge in [0.25, 0.3) is 0 Å². The van der Waals surface area contributed by atoms with Crippen LogP contribution in [-0.4, -0.2) is 6.26 Å². The van der Waals surface area contributed by atoms with E-state index in [1.165, 1.54) is 5.56 Å². The van der Waals surface area contributed by atoms with Gasteiger partial charge >= 0.3 is 0 Å². The van der Waals surface area contributed by atoms with Crippen molar-refractivity contribution >= 4 is 39.3 Å². The average Bonchev–Trinajstić information content (AvgIpc) is 1.98. The Bertz CT molecular complexity index is 250. The minimum Gasteiger partial charge on any atom is -0.161 e. The van der Waals surface area contributed by atoms with Crippen molar-refractivity contribution in [3.63, 3.8) is 0 Å². The van der Waals surface area contributed by atoms with E-state index in [9.17, 15) is 0 Å². The highest BCUT2D eigenvalue weighted by Gasteiger charge is 1.97. The van der Waals surface area contributed by atoms with E-state index >= 15 is 0 Å². The molecule has 3 heteroatoms. The predicted molar refractivity (Wildman–Crippen MR) is 56.4 cm³/mol. The first-order chi connectivity index (χ1) is 5.24. The minimum atomic E-state index is 0.788. The molecule has 11 heavy (non-hydrogen) atoms. The van der Waals surface area contributed by atoms with E-state index in [4.69, 9.17) is 11.6 Å². The molecule has 1 aromatic rings. The van der Waals surface area contributed by atoms with Crippen LogP contribution in [0, 0.1) is 0 Å². The number of hydrogen-bond donors (Lipinski definition) is 0. The Kier molecular flexibility index (Phi) is 3.76. The van der Waals surface area contributed by atoms with Crippen LogP contribution in [-0.2, 0) is 5.75 Å². The van der Waals surface area contributed by atoms with Gasteiger partial charge in [0, 0.05) is 10.2 Å². The third kappa shape index (κ3) is 2.69. The van der Waals surface area contributed by atoms with Gasteiger partial charge in [0.15, 0.2) is 0 Å². The second-order valence-electron chi connectivity index (χ2n) is 2.18. The summed E-state index contributed by atoms with van der Waals surface area (Å²) in [5.41, 5.74) is 1.27. The topological polar surface area (TPSA) is 0 Å². The van der Waals surface area contributed by atoms with Crippen LogP contribution in [0.3, 0.4) is 0 Å². The fourth-order valence-corrected chi connectivity index (χ4v) is 1.76. The van der Waals surface area contributed by atoms with Gasteiger partial charge in [-0.15, -0.1) is 0 Å². The number of thioether (sulfide) groups is 1. The number of halogens is 2. The molecule has 1 rings (SSSR count). The molecule has 0 atom stereocenters. The molecular weight excluding hydrogens is 244 g/mol. The van der Waals surface area contributed by atoms with Crippen LogP contribution in [0.15, 0.2) is 22.7 Å². The standard InChI is InChI=1S/C8H8BrClS/c1-11-5-6-2-3-7(9)8(10)4-6/h2-4H,5H2,1H3. The van der Waals surface area contributed by atoms with Crippen molar-refractivity contribution in [1.82, 2.24) is 0 Å². The second kappa shape index (κ2) is 4.39. The van der Waals surface area contributed by atoms with Crippen LogP contribution in [0.5, 0.6) is 0 Å². The molecule has 0 aliphatic carbocycles. The molecule has 0 nitrogen and oxygen atoms in total. The van der Waals surface area contributed by atoms with Gasteiger partial charge in [0.05, 0.1) is 5.02 Å². The van der Waals surface area contributed by atoms with Gasteiger partial charge in [-0.05, 0) is 39.9 Å². The highest BCUT2D eigenvalue weighted by molar-refractivity contribution is 9.10. The van der Waals surface area contributed by atoms with Crippen LogP contribution in [0.2, 0.25) is 5.02 Å². The Labute approximate surface area is 84.5 Å². The maximum Gasteiger partial charge on any atom is 0.0551 e. The van der Waals surface area contributed by atoms with E-state index in [0.717, 1.165) is 15.2 Å². The fraction of sp³-hybridized carbons (Fsp3) is 0.250. The number of benzene rings is 1. The van der Waals surface area contributed by atoms with Crippen LogP contribution in [0.1, 0.15) is 5.56 Å². The molecule has 0 saturated heterocycles. The van der Waals surface area contributed by atoms with Crippen molar-refractivity contribution in [3.05, 3.63) is 33.3 Å².